The molecule has 7 nitrogen and oxygen atoms in total. The minimum absolute atomic E-state index is 0.0144. The zero-order valence-electron chi connectivity index (χ0n) is 20.1. The first-order chi connectivity index (χ1) is 17.5. The summed E-state index contributed by atoms with van der Waals surface area (Å²) in [6.45, 7) is 4.89. The van der Waals surface area contributed by atoms with Crippen LogP contribution in [-0.2, 0) is 28.9 Å². The van der Waals surface area contributed by atoms with Crippen molar-refractivity contribution < 1.29 is 14.3 Å². The third-order valence-corrected chi connectivity index (χ3v) is 7.96. The Morgan fingerprint density at radius 3 is 2.47 bits per heavy atom. The van der Waals surface area contributed by atoms with Gasteiger partial charge in [0.2, 0.25) is 5.91 Å². The number of carbonyl (C=O) groups excluding carboxylic acids is 2. The van der Waals surface area contributed by atoms with Crippen molar-refractivity contribution in [2.75, 3.05) is 37.7 Å². The lowest BCUT2D eigenvalue weighted by Gasteiger charge is -2.26. The van der Waals surface area contributed by atoms with Crippen LogP contribution in [0.5, 0.6) is 0 Å². The molecule has 1 amide bonds. The number of amides is 1. The van der Waals surface area contributed by atoms with E-state index in [1.165, 1.54) is 22.5 Å². The molecule has 2 saturated heterocycles. The number of benzene rings is 2. The van der Waals surface area contributed by atoms with Crippen molar-refractivity contribution in [3.05, 3.63) is 74.7 Å². The van der Waals surface area contributed by atoms with Crippen LogP contribution in [0, 0.1) is 5.92 Å². The first-order valence-electron chi connectivity index (χ1n) is 12.3. The minimum atomic E-state index is -0.0363. The van der Waals surface area contributed by atoms with Crippen LogP contribution in [0.25, 0.3) is 0 Å². The average Bonchev–Trinajstić information content (AvgIpc) is 3.51. The van der Waals surface area contributed by atoms with Crippen molar-refractivity contribution in [1.82, 2.24) is 15.1 Å². The quantitative estimate of drug-likeness (QED) is 0.385. The Bertz CT molecular complexity index is 1190. The molecule has 0 saturated carbocycles. The number of morpholine rings is 1. The number of hydrogen-bond acceptors (Lipinski definition) is 7. The van der Waals surface area contributed by atoms with Gasteiger partial charge in [-0.05, 0) is 47.7 Å². The molecule has 0 spiro atoms. The molecule has 2 aliphatic heterocycles. The smallest absolute Gasteiger partial charge is 0.227 e. The van der Waals surface area contributed by atoms with Gasteiger partial charge in [0.15, 0.2) is 10.8 Å². The van der Waals surface area contributed by atoms with Gasteiger partial charge in [0.1, 0.15) is 5.01 Å². The molecule has 188 valence electrons. The lowest BCUT2D eigenvalue weighted by molar-refractivity contribution is -0.117. The van der Waals surface area contributed by atoms with Gasteiger partial charge in [-0.3, -0.25) is 14.5 Å². The standard InChI is InChI=1S/C27H29ClN4O3S/c28-22-6-1-19(2-7-22)5-10-25-29-30-27(36-25)24(33)15-21-16-26(34)32(18-21)23-8-3-20(4-9-23)17-31-11-13-35-14-12-31/h1-4,6-9,21H,5,10-18H2. The summed E-state index contributed by atoms with van der Waals surface area (Å²) < 4.78 is 5.41. The van der Waals surface area contributed by atoms with E-state index in [0.717, 1.165) is 56.4 Å². The van der Waals surface area contributed by atoms with E-state index in [4.69, 9.17) is 16.3 Å². The van der Waals surface area contributed by atoms with Crippen molar-refractivity contribution in [2.45, 2.75) is 32.2 Å². The number of hydrogen-bond donors (Lipinski definition) is 0. The highest BCUT2D eigenvalue weighted by Gasteiger charge is 2.32. The molecular weight excluding hydrogens is 496 g/mol. The number of Topliss-reactive ketones (excluding diaryl/α,β-unsaturated/α-hetero) is 1. The number of ether oxygens (including phenoxy) is 1. The Morgan fingerprint density at radius 2 is 1.72 bits per heavy atom. The number of nitrogens with zero attached hydrogens (tertiary/aromatic N) is 4. The fraction of sp³-hybridized carbons (Fsp3) is 0.407. The summed E-state index contributed by atoms with van der Waals surface area (Å²) in [5.41, 5.74) is 3.28. The van der Waals surface area contributed by atoms with E-state index in [0.29, 0.717) is 29.4 Å². The summed E-state index contributed by atoms with van der Waals surface area (Å²) in [5.74, 6) is 0.0137. The number of ketones is 1. The second-order valence-electron chi connectivity index (χ2n) is 9.38. The van der Waals surface area contributed by atoms with Gasteiger partial charge in [-0.25, -0.2) is 0 Å². The van der Waals surface area contributed by atoms with Crippen LogP contribution in [0.15, 0.2) is 48.5 Å². The topological polar surface area (TPSA) is 75.6 Å². The zero-order chi connectivity index (χ0) is 24.9. The van der Waals surface area contributed by atoms with Gasteiger partial charge in [-0.15, -0.1) is 10.2 Å². The molecule has 0 bridgehead atoms. The Balaban J connectivity index is 1.12. The third-order valence-electron chi connectivity index (χ3n) is 6.68. The van der Waals surface area contributed by atoms with Crippen molar-refractivity contribution in [3.8, 4) is 0 Å². The van der Waals surface area contributed by atoms with E-state index in [2.05, 4.69) is 27.2 Å². The van der Waals surface area contributed by atoms with E-state index in [1.54, 1.807) is 4.90 Å². The molecule has 5 rings (SSSR count). The molecule has 2 aliphatic rings. The van der Waals surface area contributed by atoms with E-state index in [9.17, 15) is 9.59 Å². The zero-order valence-corrected chi connectivity index (χ0v) is 21.6. The number of carbonyl (C=O) groups is 2. The van der Waals surface area contributed by atoms with Crippen molar-refractivity contribution in [2.24, 2.45) is 5.92 Å². The van der Waals surface area contributed by atoms with Crippen LogP contribution in [0.3, 0.4) is 0 Å². The maximum Gasteiger partial charge on any atom is 0.227 e. The van der Waals surface area contributed by atoms with Crippen LogP contribution >= 0.6 is 22.9 Å². The molecule has 0 N–H and O–H groups in total. The molecular formula is C27H29ClN4O3S. The molecule has 3 heterocycles. The molecule has 36 heavy (non-hydrogen) atoms. The molecule has 0 aliphatic carbocycles. The van der Waals surface area contributed by atoms with Gasteiger partial charge in [0.25, 0.3) is 0 Å². The van der Waals surface area contributed by atoms with Crippen LogP contribution in [0.2, 0.25) is 5.02 Å². The fourth-order valence-corrected chi connectivity index (χ4v) is 5.60. The third kappa shape index (κ3) is 6.37. The van der Waals surface area contributed by atoms with E-state index in [1.807, 2.05) is 36.4 Å². The van der Waals surface area contributed by atoms with Crippen LogP contribution in [0.1, 0.15) is 38.8 Å². The fourth-order valence-electron chi connectivity index (χ4n) is 4.69. The Kier molecular flexibility index (Phi) is 8.06. The Morgan fingerprint density at radius 1 is 1.00 bits per heavy atom. The molecule has 3 aromatic rings. The van der Waals surface area contributed by atoms with Gasteiger partial charge >= 0.3 is 0 Å². The van der Waals surface area contributed by atoms with E-state index in [-0.39, 0.29) is 17.6 Å². The summed E-state index contributed by atoms with van der Waals surface area (Å²) in [6.07, 6.45) is 2.23. The monoisotopic (exact) mass is 524 g/mol. The second-order valence-corrected chi connectivity index (χ2v) is 10.9. The number of halogens is 1. The predicted molar refractivity (Wildman–Crippen MR) is 141 cm³/mol. The van der Waals surface area contributed by atoms with Crippen molar-refractivity contribution in [1.29, 1.82) is 0 Å². The van der Waals surface area contributed by atoms with Crippen molar-refractivity contribution in [3.63, 3.8) is 0 Å². The summed E-state index contributed by atoms with van der Waals surface area (Å²) in [7, 11) is 0. The van der Waals surface area contributed by atoms with Crippen LogP contribution in [-0.4, -0.2) is 59.6 Å². The highest BCUT2D eigenvalue weighted by Crippen LogP contribution is 2.29. The first kappa shape index (κ1) is 25.0. The summed E-state index contributed by atoms with van der Waals surface area (Å²) in [5, 5.41) is 10.3. The SMILES string of the molecule is O=C(CC1CC(=O)N(c2ccc(CN3CCOCC3)cc2)C1)c1nnc(CCc2ccc(Cl)cc2)s1. The molecule has 2 fully saturated rings. The summed E-state index contributed by atoms with van der Waals surface area (Å²) in [4.78, 5) is 29.7. The largest absolute Gasteiger partial charge is 0.379 e. The van der Waals surface area contributed by atoms with Crippen LogP contribution in [0.4, 0.5) is 5.69 Å². The second kappa shape index (κ2) is 11.6. The molecule has 2 aromatic carbocycles. The normalized spacial score (nSPS) is 18.6. The molecule has 0 radical (unpaired) electrons. The van der Waals surface area contributed by atoms with Crippen LogP contribution < -0.4 is 4.90 Å². The number of anilines is 1. The predicted octanol–water partition coefficient (Wildman–Crippen LogP) is 4.43. The maximum absolute atomic E-state index is 12.9. The highest BCUT2D eigenvalue weighted by atomic mass is 35.5. The minimum Gasteiger partial charge on any atom is -0.379 e. The van der Waals surface area contributed by atoms with Gasteiger partial charge in [-0.1, -0.05) is 47.2 Å². The van der Waals surface area contributed by atoms with E-state index >= 15 is 0 Å². The van der Waals surface area contributed by atoms with Crippen molar-refractivity contribution >= 4 is 40.3 Å². The number of aryl methyl sites for hydroxylation is 2. The van der Waals surface area contributed by atoms with Gasteiger partial charge in [-0.2, -0.15) is 0 Å². The lowest BCUT2D eigenvalue weighted by Crippen LogP contribution is -2.35. The Hall–Kier alpha value is -2.65. The summed E-state index contributed by atoms with van der Waals surface area (Å²) >= 11 is 7.29. The first-order valence-corrected chi connectivity index (χ1v) is 13.5. The Labute approximate surface area is 220 Å². The van der Waals surface area contributed by atoms with Gasteiger partial charge < -0.3 is 9.64 Å². The maximum atomic E-state index is 12.9. The average molecular weight is 525 g/mol. The van der Waals surface area contributed by atoms with Gasteiger partial charge in [0, 0.05) is 56.2 Å². The molecule has 1 unspecified atom stereocenters. The summed E-state index contributed by atoms with van der Waals surface area (Å²) in [6, 6.07) is 15.9. The molecule has 9 heteroatoms. The molecule has 1 aromatic heterocycles. The lowest BCUT2D eigenvalue weighted by atomic mass is 10.0. The van der Waals surface area contributed by atoms with E-state index < -0.39 is 0 Å². The van der Waals surface area contributed by atoms with Gasteiger partial charge in [0.05, 0.1) is 13.2 Å². The number of rotatable bonds is 9. The molecule has 1 atom stereocenters. The highest BCUT2D eigenvalue weighted by molar-refractivity contribution is 7.13. The number of aromatic nitrogens is 2.